The summed E-state index contributed by atoms with van der Waals surface area (Å²) >= 11 is 0. The van der Waals surface area contributed by atoms with Crippen molar-refractivity contribution in [3.8, 4) is 11.5 Å². The van der Waals surface area contributed by atoms with E-state index in [-0.39, 0.29) is 31.0 Å². The average Bonchev–Trinajstić information content (AvgIpc) is 2.60. The van der Waals surface area contributed by atoms with Crippen LogP contribution >= 0.6 is 12.4 Å². The van der Waals surface area contributed by atoms with Gasteiger partial charge in [-0.1, -0.05) is 18.2 Å². The molecule has 2 rings (SSSR count). The number of benzene rings is 1. The number of amides is 1. The topological polar surface area (TPSA) is 64.8 Å². The van der Waals surface area contributed by atoms with E-state index < -0.39 is 0 Å². The summed E-state index contributed by atoms with van der Waals surface area (Å²) < 4.78 is 11.0. The normalized spacial score (nSPS) is 17.5. The highest BCUT2D eigenvalue weighted by molar-refractivity contribution is 5.85. The Labute approximate surface area is 150 Å². The molecule has 1 aromatic rings. The van der Waals surface area contributed by atoms with Crippen LogP contribution in [0, 0.1) is 0 Å². The highest BCUT2D eigenvalue weighted by Gasteiger charge is 2.25. The molecule has 0 aromatic heterocycles. The molecule has 1 saturated heterocycles. The predicted molar refractivity (Wildman–Crippen MR) is 98.9 cm³/mol. The second-order valence-corrected chi connectivity index (χ2v) is 5.67. The number of hydrogen-bond acceptors (Lipinski definition) is 4. The third kappa shape index (κ3) is 5.14. The van der Waals surface area contributed by atoms with Gasteiger partial charge < -0.3 is 20.1 Å². The van der Waals surface area contributed by atoms with Crippen molar-refractivity contribution in [2.24, 2.45) is 5.73 Å². The summed E-state index contributed by atoms with van der Waals surface area (Å²) in [5.41, 5.74) is 6.80. The molecule has 0 bridgehead atoms. The van der Waals surface area contributed by atoms with E-state index in [4.69, 9.17) is 15.2 Å². The van der Waals surface area contributed by atoms with Gasteiger partial charge in [0.1, 0.15) is 0 Å². The van der Waals surface area contributed by atoms with Gasteiger partial charge in [0.25, 0.3) is 5.91 Å². The molecule has 1 aliphatic heterocycles. The molecule has 0 aliphatic carbocycles. The van der Waals surface area contributed by atoms with Crippen LogP contribution < -0.4 is 15.2 Å². The van der Waals surface area contributed by atoms with E-state index in [0.717, 1.165) is 31.4 Å². The monoisotopic (exact) mass is 354 g/mol. The number of piperidine rings is 1. The minimum absolute atomic E-state index is 0. The van der Waals surface area contributed by atoms with Gasteiger partial charge in [-0.15, -0.1) is 12.4 Å². The van der Waals surface area contributed by atoms with Crippen LogP contribution in [0.1, 0.15) is 31.7 Å². The molecule has 0 radical (unpaired) electrons. The Kier molecular flexibility index (Phi) is 8.65. The molecule has 24 heavy (non-hydrogen) atoms. The molecule has 0 spiro atoms. The van der Waals surface area contributed by atoms with Gasteiger partial charge in [-0.25, -0.2) is 0 Å². The second kappa shape index (κ2) is 10.2. The number of ether oxygens (including phenoxy) is 2. The van der Waals surface area contributed by atoms with Crippen molar-refractivity contribution in [3.63, 3.8) is 0 Å². The quantitative estimate of drug-likeness (QED) is 0.853. The first-order valence-electron chi connectivity index (χ1n) is 8.12. The summed E-state index contributed by atoms with van der Waals surface area (Å²) in [5, 5.41) is 0. The molecule has 1 aliphatic rings. The first kappa shape index (κ1) is 20.3. The molecule has 2 N–H and O–H groups in total. The average molecular weight is 355 g/mol. The molecular weight excluding hydrogens is 328 g/mol. The van der Waals surface area contributed by atoms with Gasteiger partial charge in [0.15, 0.2) is 18.1 Å². The highest BCUT2D eigenvalue weighted by Crippen LogP contribution is 2.28. The van der Waals surface area contributed by atoms with Gasteiger partial charge in [-0.3, -0.25) is 4.79 Å². The van der Waals surface area contributed by atoms with Crippen molar-refractivity contribution in [1.29, 1.82) is 0 Å². The van der Waals surface area contributed by atoms with E-state index in [2.05, 4.69) is 0 Å². The van der Waals surface area contributed by atoms with E-state index >= 15 is 0 Å². The second-order valence-electron chi connectivity index (χ2n) is 5.67. The van der Waals surface area contributed by atoms with Crippen LogP contribution in [0.3, 0.4) is 0 Å². The number of methoxy groups -OCH3 is 1. The first-order chi connectivity index (χ1) is 11.2. The zero-order valence-corrected chi connectivity index (χ0v) is 15.2. The zero-order valence-electron chi connectivity index (χ0n) is 14.4. The molecule has 5 nitrogen and oxygen atoms in total. The number of rotatable bonds is 6. The third-order valence-corrected chi connectivity index (χ3v) is 4.12. The van der Waals surface area contributed by atoms with Crippen LogP contribution in [0.15, 0.2) is 24.3 Å². The van der Waals surface area contributed by atoms with Gasteiger partial charge >= 0.3 is 0 Å². The number of nitrogens with zero attached hydrogens (tertiary/aromatic N) is 1. The molecule has 6 heteroatoms. The minimum atomic E-state index is -0.0141. The Balaban J connectivity index is 0.00000288. The van der Waals surface area contributed by atoms with Crippen LogP contribution in [0.4, 0.5) is 0 Å². The summed E-state index contributed by atoms with van der Waals surface area (Å²) in [6.07, 6.45) is 7.08. The first-order valence-corrected chi connectivity index (χ1v) is 8.12. The number of hydrogen-bond donors (Lipinski definition) is 1. The molecule has 134 valence electrons. The summed E-state index contributed by atoms with van der Waals surface area (Å²) in [6.45, 7) is 3.24. The number of allylic oxidation sites excluding steroid dienone is 1. The van der Waals surface area contributed by atoms with Crippen molar-refractivity contribution in [2.75, 3.05) is 26.8 Å². The smallest absolute Gasteiger partial charge is 0.260 e. The molecule has 1 unspecified atom stereocenters. The lowest BCUT2D eigenvalue weighted by Gasteiger charge is -2.35. The Bertz CT molecular complexity index is 563. The molecule has 1 amide bonds. The SMILES string of the molecule is C/C=C/c1ccc(OCC(=O)N2CCCCC2CN)c(OC)c1.Cl. The molecule has 0 saturated carbocycles. The summed E-state index contributed by atoms with van der Waals surface area (Å²) in [6, 6.07) is 5.80. The van der Waals surface area contributed by atoms with Crippen molar-refractivity contribution in [3.05, 3.63) is 29.8 Å². The van der Waals surface area contributed by atoms with E-state index in [0.29, 0.717) is 18.0 Å². The molecular formula is C18H27ClN2O3. The van der Waals surface area contributed by atoms with Crippen LogP contribution in [-0.4, -0.2) is 43.7 Å². The fourth-order valence-corrected chi connectivity index (χ4v) is 2.90. The fraction of sp³-hybridized carbons (Fsp3) is 0.500. The maximum atomic E-state index is 12.4. The molecule has 1 aromatic carbocycles. The molecule has 1 heterocycles. The van der Waals surface area contributed by atoms with E-state index in [1.165, 1.54) is 0 Å². The number of nitrogens with two attached hydrogens (primary N) is 1. The maximum Gasteiger partial charge on any atom is 0.260 e. The molecule has 1 atom stereocenters. The number of carbonyl (C=O) groups excluding carboxylic acids is 1. The largest absolute Gasteiger partial charge is 0.493 e. The Hall–Kier alpha value is -1.72. The summed E-state index contributed by atoms with van der Waals surface area (Å²) in [5.74, 6) is 1.19. The van der Waals surface area contributed by atoms with E-state index in [1.807, 2.05) is 42.2 Å². The zero-order chi connectivity index (χ0) is 16.7. The Morgan fingerprint density at radius 2 is 2.17 bits per heavy atom. The Morgan fingerprint density at radius 1 is 1.38 bits per heavy atom. The third-order valence-electron chi connectivity index (χ3n) is 4.12. The van der Waals surface area contributed by atoms with Gasteiger partial charge in [0, 0.05) is 19.1 Å². The van der Waals surface area contributed by atoms with Crippen LogP contribution in [0.25, 0.3) is 6.08 Å². The van der Waals surface area contributed by atoms with E-state index in [9.17, 15) is 4.79 Å². The van der Waals surface area contributed by atoms with Gasteiger partial charge in [0.05, 0.1) is 7.11 Å². The van der Waals surface area contributed by atoms with Crippen LogP contribution in [0.2, 0.25) is 0 Å². The molecule has 1 fully saturated rings. The lowest BCUT2D eigenvalue weighted by molar-refractivity contribution is -0.136. The van der Waals surface area contributed by atoms with Gasteiger partial charge in [0.2, 0.25) is 0 Å². The van der Waals surface area contributed by atoms with Crippen molar-refractivity contribution >= 4 is 24.4 Å². The van der Waals surface area contributed by atoms with Gasteiger partial charge in [-0.2, -0.15) is 0 Å². The lowest BCUT2D eigenvalue weighted by Crippen LogP contribution is -2.49. The van der Waals surface area contributed by atoms with E-state index in [1.54, 1.807) is 7.11 Å². The van der Waals surface area contributed by atoms with Crippen molar-refractivity contribution in [2.45, 2.75) is 32.2 Å². The van der Waals surface area contributed by atoms with Crippen LogP contribution in [0.5, 0.6) is 11.5 Å². The maximum absolute atomic E-state index is 12.4. The number of halogens is 1. The van der Waals surface area contributed by atoms with Gasteiger partial charge in [-0.05, 0) is 43.9 Å². The van der Waals surface area contributed by atoms with Crippen molar-refractivity contribution in [1.82, 2.24) is 4.90 Å². The number of likely N-dealkylation sites (tertiary alicyclic amines) is 1. The van der Waals surface area contributed by atoms with Crippen LogP contribution in [-0.2, 0) is 4.79 Å². The number of carbonyl (C=O) groups is 1. The highest BCUT2D eigenvalue weighted by atomic mass is 35.5. The summed E-state index contributed by atoms with van der Waals surface area (Å²) in [4.78, 5) is 14.3. The predicted octanol–water partition coefficient (Wildman–Crippen LogP) is 2.87. The standard InChI is InChI=1S/C18H26N2O3.ClH/c1-3-6-14-8-9-16(17(11-14)22-2)23-13-18(21)20-10-5-4-7-15(20)12-19;/h3,6,8-9,11,15H,4-5,7,10,12-13,19H2,1-2H3;1H/b6-3+;. The lowest BCUT2D eigenvalue weighted by atomic mass is 10.0. The minimum Gasteiger partial charge on any atom is -0.493 e. The fourth-order valence-electron chi connectivity index (χ4n) is 2.90. The van der Waals surface area contributed by atoms with Crippen molar-refractivity contribution < 1.29 is 14.3 Å². The summed E-state index contributed by atoms with van der Waals surface area (Å²) in [7, 11) is 1.60. The Morgan fingerprint density at radius 3 is 2.83 bits per heavy atom.